The van der Waals surface area contributed by atoms with Crippen LogP contribution in [0.2, 0.25) is 0 Å². The van der Waals surface area contributed by atoms with E-state index in [1.54, 1.807) is 0 Å². The van der Waals surface area contributed by atoms with Gasteiger partial charge in [0, 0.05) is 18.5 Å². The van der Waals surface area contributed by atoms with E-state index in [-0.39, 0.29) is 193 Å². The van der Waals surface area contributed by atoms with Crippen molar-refractivity contribution < 1.29 is 202 Å². The van der Waals surface area contributed by atoms with Gasteiger partial charge < -0.3 is 73.3 Å². The number of carbonyl (C=O) groups excluding carboxylic acids is 6. The molecule has 6 aromatic rings. The number of carbonyl (C=O) groups is 7. The number of phenolic OH excluding ortho intramolecular Hbond substituents is 2. The molecule has 31 heteroatoms. The number of methoxy groups -OCH3 is 4. The van der Waals surface area contributed by atoms with E-state index in [9.17, 15) is 55.5 Å². The third-order valence-electron chi connectivity index (χ3n) is 20.9. The zero-order chi connectivity index (χ0) is 102. The molecular formula is C112H177BF3LiNa2O23S. The van der Waals surface area contributed by atoms with E-state index >= 15 is 0 Å². The summed E-state index contributed by atoms with van der Waals surface area (Å²) in [7, 11) is -0.590. The molecule has 0 amide bonds. The number of hydrogen-bond donors (Lipinski definition) is 3. The van der Waals surface area contributed by atoms with Crippen molar-refractivity contribution in [1.82, 2.24) is 0 Å². The fraction of sp³-hybridized carbons (Fsp3) is 0.562. The minimum atomic E-state index is -5.73. The van der Waals surface area contributed by atoms with Crippen LogP contribution in [-0.4, -0.2) is 124 Å². The van der Waals surface area contributed by atoms with E-state index in [1.807, 2.05) is 32.0 Å². The van der Waals surface area contributed by atoms with E-state index < -0.39 is 45.3 Å². The molecule has 1 aliphatic rings. The molecule has 1 aliphatic heterocycles. The zero-order valence-electron chi connectivity index (χ0n) is 88.1. The van der Waals surface area contributed by atoms with Crippen molar-refractivity contribution in [1.29, 1.82) is 0 Å². The molecule has 143 heavy (non-hydrogen) atoms. The van der Waals surface area contributed by atoms with Gasteiger partial charge in [-0.2, -0.15) is 21.6 Å². The number of benzene rings is 6. The molecule has 4 N–H and O–H groups in total. The average Bonchev–Trinajstić information content (AvgIpc) is 1.64. The van der Waals surface area contributed by atoms with Gasteiger partial charge in [-0.25, -0.2) is 0 Å². The second-order valence-electron chi connectivity index (χ2n) is 33.8. The summed E-state index contributed by atoms with van der Waals surface area (Å²) in [6.45, 7) is 33.4. The summed E-state index contributed by atoms with van der Waals surface area (Å²) < 4.78 is 92.4. The van der Waals surface area contributed by atoms with Gasteiger partial charge in [0.2, 0.25) is 0 Å². The third kappa shape index (κ3) is 76.6. The number of rotatable bonds is 48. The predicted octanol–water partition coefficient (Wildman–Crippen LogP) is 16.7. The second kappa shape index (κ2) is 93.0. The van der Waals surface area contributed by atoms with E-state index in [2.05, 4.69) is 200 Å². The normalized spacial score (nSPS) is 11.4. The Morgan fingerprint density at radius 3 is 0.944 bits per heavy atom. The molecule has 0 unspecified atom stereocenters. The van der Waals surface area contributed by atoms with Crippen LogP contribution < -0.4 is 92.5 Å². The van der Waals surface area contributed by atoms with Crippen molar-refractivity contribution >= 4 is 71.7 Å². The van der Waals surface area contributed by atoms with Crippen LogP contribution in [0, 0.1) is 6.92 Å². The molecule has 6 aromatic carbocycles. The van der Waals surface area contributed by atoms with Crippen LogP contribution in [0.3, 0.4) is 0 Å². The Balaban J connectivity index is -0.000000178. The smallest absolute Gasteiger partial charge is 0.870 e. The molecule has 0 aliphatic carbocycles. The third-order valence-corrected chi connectivity index (χ3v) is 21.9. The molecule has 0 atom stereocenters. The molecule has 796 valence electrons. The number of esters is 4. The van der Waals surface area contributed by atoms with Crippen molar-refractivity contribution in [2.45, 2.75) is 388 Å². The van der Waals surface area contributed by atoms with Gasteiger partial charge in [-0.15, -0.1) is 0 Å². The van der Waals surface area contributed by atoms with Crippen molar-refractivity contribution in [2.75, 3.05) is 28.4 Å². The number of ether oxygens (including phenoxy) is 4. The Labute approximate surface area is 916 Å². The Bertz CT molecular complexity index is 4330. The van der Waals surface area contributed by atoms with Gasteiger partial charge in [0.1, 0.15) is 17.2 Å². The summed E-state index contributed by atoms with van der Waals surface area (Å²) in [5.41, 5.74) is 9.45. The fourth-order valence-electron chi connectivity index (χ4n) is 13.5. The Hall–Kier alpha value is -7.53. The van der Waals surface area contributed by atoms with Crippen LogP contribution in [0.15, 0.2) is 133 Å². The molecule has 1 fully saturated rings. The van der Waals surface area contributed by atoms with Crippen molar-refractivity contribution in [3.8, 4) is 17.2 Å². The fourth-order valence-corrected chi connectivity index (χ4v) is 14.0. The number of aliphatic carboxylic acids is 2. The Kier molecular flexibility index (Phi) is 101. The number of aryl methyl sites for hydroxylation is 7. The van der Waals surface area contributed by atoms with Crippen molar-refractivity contribution in [2.24, 2.45) is 0 Å². The molecule has 7 rings (SSSR count). The summed E-state index contributed by atoms with van der Waals surface area (Å²) >= 11 is 0. The summed E-state index contributed by atoms with van der Waals surface area (Å²) in [5, 5.41) is 46.3. The summed E-state index contributed by atoms with van der Waals surface area (Å²) in [5.74, 6) is -1.75. The summed E-state index contributed by atoms with van der Waals surface area (Å²) in [6.07, 6.45) is 46.6. The first-order valence-corrected chi connectivity index (χ1v) is 49.5. The minimum Gasteiger partial charge on any atom is -0.870 e. The topological polar surface area (TPSA) is 364 Å². The predicted molar refractivity (Wildman–Crippen MR) is 560 cm³/mol. The number of allylic oxidation sites excluding steroid dienone is 3. The molecule has 1 saturated heterocycles. The van der Waals surface area contributed by atoms with Gasteiger partial charge in [-0.3, -0.25) is 28.8 Å². The first kappa shape index (κ1) is 156. The van der Waals surface area contributed by atoms with E-state index in [0.717, 1.165) is 130 Å². The number of phenols is 2. The van der Waals surface area contributed by atoms with Gasteiger partial charge in [-0.05, 0) is 245 Å². The van der Waals surface area contributed by atoms with E-state index in [4.69, 9.17) is 44.2 Å². The SMILES string of the molecule is C.C.C.C.CC.CCC/C=C/B1OC(C)(C)C(C)(C)O1.CCC/C=C/c1cc(/C=C/CCC)cc(CC(=O)OC)c1.CCCCCc1cc(CCCCC)cc(CC(=O)O)c1.CCCCCc1cc(CCCCC)cc(CC(=O)OC)c1.CCCCCc1cc(CCCCC)cc(CC(=O)[O-])c1.COC(=O)Cc1cc(C)cc(OS(=O)(=O)C(F)(F)F)c1.COC(=O)Cc1cc(O)cc(O)c1.O=CO[O-].[Li+].[Na+].[Na+].[OH-]. The number of carboxylic acid groups (broad SMARTS) is 2. The monoisotopic (exact) mass is 2040 g/mol. The number of aromatic hydroxyl groups is 2. The van der Waals surface area contributed by atoms with Gasteiger partial charge in [-0.1, -0.05) is 311 Å². The quantitative estimate of drug-likeness (QED) is 0.00367. The van der Waals surface area contributed by atoms with Gasteiger partial charge in [0.25, 0.3) is 6.47 Å². The van der Waals surface area contributed by atoms with Crippen LogP contribution in [0.25, 0.3) is 12.2 Å². The Morgan fingerprint density at radius 2 is 0.678 bits per heavy atom. The maximum Gasteiger partial charge on any atom is 1.00 e. The van der Waals surface area contributed by atoms with E-state index in [0.29, 0.717) is 24.0 Å². The molecule has 1 heterocycles. The number of halogens is 3. The van der Waals surface area contributed by atoms with Crippen LogP contribution in [0.1, 0.15) is 371 Å². The van der Waals surface area contributed by atoms with Gasteiger partial charge >= 0.3 is 131 Å². The summed E-state index contributed by atoms with van der Waals surface area (Å²) in [6, 6.07) is 33.3. The number of hydrogen-bond acceptors (Lipinski definition) is 22. The molecular weight excluding hydrogens is 1870 g/mol. The molecule has 23 nitrogen and oxygen atoms in total. The number of alkyl halides is 3. The molecule has 0 spiro atoms. The number of carboxylic acids is 2. The van der Waals surface area contributed by atoms with E-state index in [1.165, 1.54) is 201 Å². The maximum absolute atomic E-state index is 12.2. The van der Waals surface area contributed by atoms with Crippen LogP contribution in [-0.2, 0) is 154 Å². The first-order valence-electron chi connectivity index (χ1n) is 48.0. The second-order valence-corrected chi connectivity index (χ2v) is 35.3. The molecule has 0 saturated carbocycles. The standard InChI is InChI=1S/C19H30O2.C19H26O2.2C18H28O2.C11H21BO2.C11H11F3O5S.C9H10O4.C2H6.CH2O3.4CH4.Li.2Na.H2O/c2*1-4-6-8-10-16-12-17(11-9-7-5-2)14-18(13-16)15-19(20)21-3;2*1-3-5-7-9-15-11-16(10-8-6-4-2)13-17(12-15)14-18(19)20;1-6-7-8-9-12-13-10(2,3)11(4,5)14-12;1-7-3-8(6-10(15)18-2)5-9(4-7)19-20(16,17)11(12,13)14;1-13-9(12)4-6-2-7(10)5-8(11)3-6;1-2;2-1-4-3;;;;;;;;/h12-14H,4-11,15H2,1-3H3;8-14H,4-7,15H2,1-3H3;2*11-13H,3-10,14H2,1-2H3,(H,19,20);8-9H,6-7H2,1-5H3;3-5H,6H2,1-2H3;2-3,5,10-11H,4H2,1H3;1-2H3;1,3H;4*1H4;;;;1H2/q;;;;;;;;;;;;;3*+1;/p-3/b;10-8+,11-9+;;;9-8+;;;;;;;;;;;;. The molecule has 0 aromatic heterocycles. The largest absolute Gasteiger partial charge is 1.00 e. The van der Waals surface area contributed by atoms with Crippen LogP contribution in [0.4, 0.5) is 13.2 Å². The minimum absolute atomic E-state index is 0. The maximum atomic E-state index is 12.2. The number of unbranched alkanes of at least 4 members (excludes halogenated alkanes) is 15. The van der Waals surface area contributed by atoms with Crippen LogP contribution in [0.5, 0.6) is 17.2 Å². The molecule has 0 radical (unpaired) electrons. The van der Waals surface area contributed by atoms with Crippen LogP contribution >= 0.6 is 0 Å². The van der Waals surface area contributed by atoms with Crippen molar-refractivity contribution in [3.05, 3.63) is 217 Å². The van der Waals surface area contributed by atoms with Gasteiger partial charge in [0.05, 0.1) is 71.7 Å². The molecule has 0 bridgehead atoms. The van der Waals surface area contributed by atoms with Crippen molar-refractivity contribution in [3.63, 3.8) is 0 Å². The average molecular weight is 2040 g/mol. The summed E-state index contributed by atoms with van der Waals surface area (Å²) in [4.78, 5) is 77.8. The zero-order valence-corrected chi connectivity index (χ0v) is 92.9. The Morgan fingerprint density at radius 1 is 0.413 bits per heavy atom. The van der Waals surface area contributed by atoms with Gasteiger partial charge in [0.15, 0.2) is 0 Å². The first-order chi connectivity index (χ1) is 64.1.